The Balaban J connectivity index is 0.000000180. The number of ether oxygens (including phenoxy) is 3. The van der Waals surface area contributed by atoms with Gasteiger partial charge in [0.1, 0.15) is 17.2 Å². The molecule has 0 radical (unpaired) electrons. The van der Waals surface area contributed by atoms with Crippen LogP contribution in [-0.2, 0) is 11.8 Å². The van der Waals surface area contributed by atoms with Gasteiger partial charge < -0.3 is 24.5 Å². The SMILES string of the molecule is COc1cccc(OC)c1S.Nc1noc2c1CC1(CC1)c1ccc(OC(F)F)cc1-2. The normalized spacial score (nSPS) is 14.9. The zero-order chi connectivity index (χ0) is 22.2. The van der Waals surface area contributed by atoms with E-state index >= 15 is 0 Å². The van der Waals surface area contributed by atoms with Gasteiger partial charge in [0.2, 0.25) is 0 Å². The van der Waals surface area contributed by atoms with Crippen LogP contribution in [0.2, 0.25) is 0 Å². The van der Waals surface area contributed by atoms with Gasteiger partial charge in [-0.15, -0.1) is 12.6 Å². The number of nitrogen functional groups attached to an aromatic ring is 1. The molecular formula is C22H22F2N2O4S. The maximum absolute atomic E-state index is 12.3. The zero-order valence-corrected chi connectivity index (χ0v) is 17.9. The molecule has 0 atom stereocenters. The fraction of sp³-hybridized carbons (Fsp3) is 0.318. The molecule has 5 rings (SSSR count). The van der Waals surface area contributed by atoms with Crippen LogP contribution >= 0.6 is 12.6 Å². The second-order valence-electron chi connectivity index (χ2n) is 7.43. The summed E-state index contributed by atoms with van der Waals surface area (Å²) < 4.78 is 44.5. The minimum Gasteiger partial charge on any atom is -0.495 e. The molecule has 0 saturated heterocycles. The lowest BCUT2D eigenvalue weighted by Gasteiger charge is -2.24. The van der Waals surface area contributed by atoms with Crippen molar-refractivity contribution in [2.75, 3.05) is 20.0 Å². The smallest absolute Gasteiger partial charge is 0.387 e. The van der Waals surface area contributed by atoms with E-state index < -0.39 is 6.61 Å². The van der Waals surface area contributed by atoms with Gasteiger partial charge in [-0.2, -0.15) is 8.78 Å². The lowest BCUT2D eigenvalue weighted by atomic mass is 9.79. The number of thiol groups is 1. The highest BCUT2D eigenvalue weighted by molar-refractivity contribution is 7.80. The molecule has 1 fully saturated rings. The van der Waals surface area contributed by atoms with Gasteiger partial charge in [0, 0.05) is 16.5 Å². The van der Waals surface area contributed by atoms with E-state index in [-0.39, 0.29) is 11.2 Å². The second-order valence-corrected chi connectivity index (χ2v) is 7.88. The van der Waals surface area contributed by atoms with E-state index in [0.29, 0.717) is 11.6 Å². The fourth-order valence-electron chi connectivity index (χ4n) is 3.92. The molecule has 2 N–H and O–H groups in total. The fourth-order valence-corrected chi connectivity index (χ4v) is 4.25. The van der Waals surface area contributed by atoms with Crippen molar-refractivity contribution in [1.82, 2.24) is 5.16 Å². The molecule has 0 bridgehead atoms. The molecule has 31 heavy (non-hydrogen) atoms. The van der Waals surface area contributed by atoms with Crippen molar-refractivity contribution < 1.29 is 27.5 Å². The molecule has 9 heteroatoms. The summed E-state index contributed by atoms with van der Waals surface area (Å²) in [5, 5.41) is 3.79. The Morgan fingerprint density at radius 3 is 2.39 bits per heavy atom. The first-order valence-corrected chi connectivity index (χ1v) is 10.1. The lowest BCUT2D eigenvalue weighted by molar-refractivity contribution is -0.0498. The van der Waals surface area contributed by atoms with E-state index in [1.807, 2.05) is 24.3 Å². The van der Waals surface area contributed by atoms with E-state index in [1.54, 1.807) is 26.4 Å². The summed E-state index contributed by atoms with van der Waals surface area (Å²) in [6.07, 6.45) is 2.94. The van der Waals surface area contributed by atoms with Crippen LogP contribution in [0.15, 0.2) is 45.8 Å². The van der Waals surface area contributed by atoms with Gasteiger partial charge in [-0.1, -0.05) is 17.3 Å². The number of hydrogen-bond acceptors (Lipinski definition) is 7. The molecule has 1 heterocycles. The highest BCUT2D eigenvalue weighted by Gasteiger charge is 2.50. The first-order valence-electron chi connectivity index (χ1n) is 9.62. The molecule has 3 aromatic rings. The van der Waals surface area contributed by atoms with Gasteiger partial charge in [-0.3, -0.25) is 0 Å². The minimum absolute atomic E-state index is 0.0748. The Morgan fingerprint density at radius 2 is 1.81 bits per heavy atom. The number of nitrogens with zero attached hydrogens (tertiary/aromatic N) is 1. The summed E-state index contributed by atoms with van der Waals surface area (Å²) in [7, 11) is 3.21. The number of halogens is 2. The van der Waals surface area contributed by atoms with Crippen molar-refractivity contribution >= 4 is 18.4 Å². The molecular weight excluding hydrogens is 426 g/mol. The number of aromatic nitrogens is 1. The molecule has 0 unspecified atom stereocenters. The van der Waals surface area contributed by atoms with Crippen LogP contribution in [0.4, 0.5) is 14.6 Å². The average Bonchev–Trinajstić information content (AvgIpc) is 3.43. The third kappa shape index (κ3) is 4.01. The largest absolute Gasteiger partial charge is 0.495 e. The summed E-state index contributed by atoms with van der Waals surface area (Å²) in [5.74, 6) is 2.55. The molecule has 1 aromatic heterocycles. The van der Waals surface area contributed by atoms with Crippen LogP contribution in [0, 0.1) is 0 Å². The van der Waals surface area contributed by atoms with Gasteiger partial charge in [0.15, 0.2) is 11.6 Å². The predicted molar refractivity (Wildman–Crippen MR) is 114 cm³/mol. The molecule has 164 valence electrons. The number of benzene rings is 2. The summed E-state index contributed by atoms with van der Waals surface area (Å²) >= 11 is 4.22. The van der Waals surface area contributed by atoms with Crippen LogP contribution < -0.4 is 19.9 Å². The number of hydrogen-bond donors (Lipinski definition) is 2. The van der Waals surface area contributed by atoms with Crippen molar-refractivity contribution in [2.45, 2.75) is 36.2 Å². The van der Waals surface area contributed by atoms with Crippen LogP contribution in [0.25, 0.3) is 11.3 Å². The van der Waals surface area contributed by atoms with Gasteiger partial charge in [0.25, 0.3) is 0 Å². The monoisotopic (exact) mass is 448 g/mol. The third-order valence-corrected chi connectivity index (χ3v) is 6.06. The van der Waals surface area contributed by atoms with E-state index in [9.17, 15) is 8.78 Å². The standard InChI is InChI=1S/C14H12F2N2O2.C8H10O2S/c15-13(16)19-7-1-2-10-8(5-7)11-9(12(17)18-20-11)6-14(10)3-4-14;1-9-6-4-3-5-7(10-2)8(6)11/h1-2,5,13H,3-4,6H2,(H2,17,18);3-5,11H,1-2H3. The Morgan fingerprint density at radius 1 is 1.13 bits per heavy atom. The Hall–Kier alpha value is -2.94. The van der Waals surface area contributed by atoms with Gasteiger partial charge in [-0.05, 0) is 49.1 Å². The number of alkyl halides is 2. The van der Waals surface area contributed by atoms with Crippen molar-refractivity contribution in [2.24, 2.45) is 0 Å². The van der Waals surface area contributed by atoms with Crippen molar-refractivity contribution in [1.29, 1.82) is 0 Å². The van der Waals surface area contributed by atoms with Crippen molar-refractivity contribution in [3.05, 3.63) is 47.5 Å². The second kappa shape index (κ2) is 8.30. The molecule has 6 nitrogen and oxygen atoms in total. The number of rotatable bonds is 4. The molecule has 2 aromatic carbocycles. The van der Waals surface area contributed by atoms with Crippen molar-refractivity contribution in [3.8, 4) is 28.6 Å². The number of methoxy groups -OCH3 is 2. The number of fused-ring (bicyclic) bond motifs is 4. The molecule has 1 spiro atoms. The van der Waals surface area contributed by atoms with Crippen molar-refractivity contribution in [3.63, 3.8) is 0 Å². The summed E-state index contributed by atoms with van der Waals surface area (Å²) in [4.78, 5) is 0.734. The minimum atomic E-state index is -2.84. The highest BCUT2D eigenvalue weighted by atomic mass is 32.1. The third-order valence-electron chi connectivity index (χ3n) is 5.62. The maximum atomic E-state index is 12.3. The average molecular weight is 448 g/mol. The Kier molecular flexibility index (Phi) is 5.70. The van der Waals surface area contributed by atoms with E-state index in [4.69, 9.17) is 19.7 Å². The molecule has 0 aliphatic heterocycles. The van der Waals surface area contributed by atoms with Gasteiger partial charge >= 0.3 is 6.61 Å². The van der Waals surface area contributed by atoms with Crippen LogP contribution in [0.3, 0.4) is 0 Å². The summed E-state index contributed by atoms with van der Waals surface area (Å²) in [6.45, 7) is -2.84. The molecule has 0 amide bonds. The molecule has 1 saturated carbocycles. The number of anilines is 1. The summed E-state index contributed by atoms with van der Waals surface area (Å²) in [6, 6.07) is 10.6. The molecule has 2 aliphatic carbocycles. The predicted octanol–water partition coefficient (Wildman–Crippen LogP) is 5.11. The van der Waals surface area contributed by atoms with Gasteiger partial charge in [0.05, 0.1) is 19.1 Å². The van der Waals surface area contributed by atoms with Crippen LogP contribution in [0.1, 0.15) is 24.0 Å². The number of nitrogens with two attached hydrogens (primary N) is 1. The highest BCUT2D eigenvalue weighted by Crippen LogP contribution is 2.58. The summed E-state index contributed by atoms with van der Waals surface area (Å²) in [5.41, 5.74) is 8.67. The quantitative estimate of drug-likeness (QED) is 0.541. The van der Waals surface area contributed by atoms with E-state index in [1.165, 1.54) is 0 Å². The van der Waals surface area contributed by atoms with E-state index in [0.717, 1.165) is 52.3 Å². The first kappa shape index (κ1) is 21.3. The van der Waals surface area contributed by atoms with Gasteiger partial charge in [-0.25, -0.2) is 0 Å². The van der Waals surface area contributed by atoms with Crippen LogP contribution in [-0.4, -0.2) is 26.0 Å². The van der Waals surface area contributed by atoms with Crippen LogP contribution in [0.5, 0.6) is 17.2 Å². The first-order chi connectivity index (χ1) is 14.9. The lowest BCUT2D eigenvalue weighted by Crippen LogP contribution is -2.17. The zero-order valence-electron chi connectivity index (χ0n) is 17.0. The Labute approximate surface area is 183 Å². The Bertz CT molecular complexity index is 1080. The maximum Gasteiger partial charge on any atom is 0.387 e. The molecule has 2 aliphatic rings. The topological polar surface area (TPSA) is 79.7 Å². The van der Waals surface area contributed by atoms with E-state index in [2.05, 4.69) is 22.5 Å².